The summed E-state index contributed by atoms with van der Waals surface area (Å²) >= 11 is -2.24. The van der Waals surface area contributed by atoms with Crippen LogP contribution >= 0.6 is 20.5 Å². The number of aromatic nitrogens is 5. The van der Waals surface area contributed by atoms with Crippen LogP contribution < -0.4 is 13.7 Å². The average molecular weight is 970 g/mol. The first-order chi connectivity index (χ1) is 29.6. The number of hydrogen-bond acceptors (Lipinski definition) is 9. The number of halogens is 3. The summed E-state index contributed by atoms with van der Waals surface area (Å²) in [5.41, 5.74) is 6.04. The Hall–Kier alpha value is -5.73. The molecule has 0 spiro atoms. The van der Waals surface area contributed by atoms with Crippen molar-refractivity contribution >= 4 is 55.4 Å². The average Bonchev–Trinajstić information content (AvgIpc) is 4.09. The molecule has 3 aliphatic heterocycles. The first kappa shape index (κ1) is 42.9. The van der Waals surface area contributed by atoms with E-state index < -0.39 is 75.6 Å². The van der Waals surface area contributed by atoms with Crippen LogP contribution in [0.3, 0.4) is 0 Å². The molecule has 62 heavy (non-hydrogen) atoms. The fourth-order valence-electron chi connectivity index (χ4n) is 8.58. The number of likely N-dealkylation sites (tertiary alicyclic amines) is 2. The smallest absolute Gasteiger partial charge is 0.0175 e. The maximum atomic E-state index is 14.9. The number of benzene rings is 2. The minimum atomic E-state index is -3.14. The quantitative estimate of drug-likeness (QED) is 0.0806. The molecule has 19 heteroatoms. The minimum Gasteiger partial charge on any atom is -0.0603 e. The van der Waals surface area contributed by atoms with Crippen LogP contribution in [0.25, 0.3) is 44.7 Å². The fourth-order valence-corrected chi connectivity index (χ4v) is 12.1. The van der Waals surface area contributed by atoms with Gasteiger partial charge in [-0.1, -0.05) is 27.7 Å². The van der Waals surface area contributed by atoms with Crippen molar-refractivity contribution in [2.75, 3.05) is 32.2 Å². The number of alkyl carbamates (subject to hydrolysis) is 2. The number of imidazole rings is 2. The number of alkyl halides is 3. The number of carbonyl (C=O) groups is 4. The number of aromatic amines is 2. The fraction of sp³-hybridized carbons (Fsp3) is 0.442. The van der Waals surface area contributed by atoms with Crippen LogP contribution in [-0.2, 0) is 19.1 Å². The van der Waals surface area contributed by atoms with Crippen LogP contribution in [0.2, 0.25) is 0 Å². The first-order valence-electron chi connectivity index (χ1n) is 20.4. The Kier molecular flexibility index (Phi) is 11.7. The standard InChI is InChI=1S/C43H50F2IN9O7/c1-22(2)35(51-41(58)60-6)39(56)53-14-8-9-31(53)37-47-20-29(49-37)25-10-12-27-32-16-26-15-24(11-13-30(26)55(32)46(5)62-34(27)17-25)28-19-48-38(50-28)33-18-43(44,45)21-54(33)40(57)36(23(3)4)52-42(59)61-7/h10-13,15-17,19-20,22-23,31,33,35-36H,8-9,14,18,21H2,1-7H3,(H,47,49)(H,48,50)(H,51,58)(H,52,59)/t31-,33?,35-,36-/m0/s1. The third kappa shape index (κ3) is 8.06. The van der Waals surface area contributed by atoms with Gasteiger partial charge in [0.25, 0.3) is 0 Å². The Bertz CT molecular complexity index is 2540. The number of rotatable bonds is 10. The van der Waals surface area contributed by atoms with Crippen molar-refractivity contribution in [2.24, 2.45) is 11.8 Å². The van der Waals surface area contributed by atoms with Crippen molar-refractivity contribution < 1.29 is 40.5 Å². The van der Waals surface area contributed by atoms with Crippen molar-refractivity contribution in [1.82, 2.24) is 43.1 Å². The Balaban J connectivity index is 1.03. The number of H-pyrrole nitrogens is 2. The van der Waals surface area contributed by atoms with Crippen molar-refractivity contribution in [1.29, 1.82) is 0 Å². The van der Waals surface area contributed by atoms with Gasteiger partial charge in [0, 0.05) is 0 Å². The number of hydrogen-bond donors (Lipinski definition) is 4. The van der Waals surface area contributed by atoms with Crippen LogP contribution in [0.15, 0.2) is 54.9 Å². The van der Waals surface area contributed by atoms with Crippen LogP contribution in [0.4, 0.5) is 18.4 Å². The zero-order valence-corrected chi connectivity index (χ0v) is 37.6. The van der Waals surface area contributed by atoms with Gasteiger partial charge in [0.2, 0.25) is 0 Å². The van der Waals surface area contributed by atoms with E-state index in [2.05, 4.69) is 44.1 Å². The molecule has 2 saturated heterocycles. The van der Waals surface area contributed by atoms with Gasteiger partial charge in [-0.05, 0) is 5.92 Å². The molecular formula is C43H50F2IN9O7. The third-order valence-electron chi connectivity index (χ3n) is 11.7. The van der Waals surface area contributed by atoms with Crippen LogP contribution in [0.5, 0.6) is 5.75 Å². The second kappa shape index (κ2) is 16.9. The summed E-state index contributed by atoms with van der Waals surface area (Å²) in [4.78, 5) is 72.2. The van der Waals surface area contributed by atoms with Gasteiger partial charge in [-0.15, -0.1) is 0 Å². The molecular weight excluding hydrogens is 919 g/mol. The van der Waals surface area contributed by atoms with Crippen molar-refractivity contribution in [3.05, 3.63) is 66.5 Å². The maximum Gasteiger partial charge on any atom is -0.0175 e. The van der Waals surface area contributed by atoms with Gasteiger partial charge >= 0.3 is 294 Å². The Morgan fingerprint density at radius 2 is 1.42 bits per heavy atom. The molecule has 2 aromatic carbocycles. The van der Waals surface area contributed by atoms with E-state index in [1.54, 1.807) is 31.1 Å². The first-order valence-corrected chi connectivity index (χ1v) is 24.4. The van der Waals surface area contributed by atoms with Gasteiger partial charge in [0.1, 0.15) is 0 Å². The van der Waals surface area contributed by atoms with E-state index in [1.165, 1.54) is 14.2 Å². The largest absolute Gasteiger partial charge is 0.0603 e. The molecule has 4 atom stereocenters. The second-order valence-electron chi connectivity index (χ2n) is 16.6. The summed E-state index contributed by atoms with van der Waals surface area (Å²) in [5.74, 6) is -2.80. The Labute approximate surface area is 364 Å². The summed E-state index contributed by atoms with van der Waals surface area (Å²) in [7, 11) is 2.45. The monoisotopic (exact) mass is 969 g/mol. The van der Waals surface area contributed by atoms with Crippen LogP contribution in [0.1, 0.15) is 70.7 Å². The molecule has 16 nitrogen and oxygen atoms in total. The number of carbonyl (C=O) groups excluding carboxylic acids is 4. The predicted molar refractivity (Wildman–Crippen MR) is 235 cm³/mol. The number of methoxy groups -OCH3 is 2. The zero-order valence-electron chi connectivity index (χ0n) is 35.4. The van der Waals surface area contributed by atoms with E-state index in [-0.39, 0.29) is 29.6 Å². The second-order valence-corrected chi connectivity index (χ2v) is 20.2. The number of ether oxygens (including phenoxy) is 2. The number of nitrogens with one attached hydrogen (secondary N) is 4. The predicted octanol–water partition coefficient (Wildman–Crippen LogP) is 7.63. The van der Waals surface area contributed by atoms with Gasteiger partial charge < -0.3 is 14.8 Å². The number of nitrogens with zero attached hydrogens (tertiary/aromatic N) is 5. The summed E-state index contributed by atoms with van der Waals surface area (Å²) in [6.45, 7) is 6.97. The van der Waals surface area contributed by atoms with Gasteiger partial charge in [-0.25, -0.2) is 9.59 Å². The zero-order chi connectivity index (χ0) is 44.2. The van der Waals surface area contributed by atoms with Gasteiger partial charge in [-0.3, -0.25) is 0 Å². The maximum absolute atomic E-state index is 14.9. The molecule has 0 aliphatic carbocycles. The summed E-state index contributed by atoms with van der Waals surface area (Å²) in [6, 6.07) is 11.1. The molecule has 4 N–H and O–H groups in total. The molecule has 4 amide bonds. The van der Waals surface area contributed by atoms with Gasteiger partial charge in [0.05, 0.1) is 14.2 Å². The third-order valence-corrected chi connectivity index (χ3v) is 15.3. The van der Waals surface area contributed by atoms with Crippen molar-refractivity contribution in [3.63, 3.8) is 0 Å². The number of amides is 4. The Morgan fingerprint density at radius 3 is 2.03 bits per heavy atom. The van der Waals surface area contributed by atoms with E-state index in [9.17, 15) is 28.0 Å². The van der Waals surface area contributed by atoms with Crippen LogP contribution in [-0.4, -0.2) is 107 Å². The van der Waals surface area contributed by atoms with E-state index in [0.717, 1.165) is 62.5 Å². The van der Waals surface area contributed by atoms with Crippen LogP contribution in [0, 0.1) is 11.8 Å². The molecule has 5 aromatic rings. The van der Waals surface area contributed by atoms with Gasteiger partial charge in [0.15, 0.2) is 0 Å². The van der Waals surface area contributed by atoms with Crippen molar-refractivity contribution in [2.45, 2.75) is 77.0 Å². The van der Waals surface area contributed by atoms with E-state index in [1.807, 2.05) is 50.2 Å². The molecule has 330 valence electrons. The molecule has 0 saturated carbocycles. The molecule has 0 radical (unpaired) electrons. The molecule has 2 fully saturated rings. The van der Waals surface area contributed by atoms with E-state index >= 15 is 0 Å². The van der Waals surface area contributed by atoms with Crippen molar-refractivity contribution in [3.8, 4) is 39.5 Å². The van der Waals surface area contributed by atoms with E-state index in [0.29, 0.717) is 18.1 Å². The number of fused-ring (bicyclic) bond motifs is 5. The SMILES string of the molecule is COC(=O)N[C@H](C(=O)N1CC(F)(F)CC1c1ncc(-c2ccc3c(c2)cc2n3I(C)Oc3cc(-c4cnc([C@@H]5CCCN5C(=O)[C@@H](NC(=O)OC)C(C)C)[nH]4)ccc3-2)[nH]1)C(C)C. The topological polar surface area (TPSA) is 189 Å². The normalized spacial score (nSPS) is 19.6. The molecule has 3 aromatic heterocycles. The summed E-state index contributed by atoms with van der Waals surface area (Å²) in [6.07, 6.45) is 2.83. The molecule has 0 bridgehead atoms. The summed E-state index contributed by atoms with van der Waals surface area (Å²) in [5, 5.41) is 6.15. The van der Waals surface area contributed by atoms with Gasteiger partial charge in [-0.2, -0.15) is 0 Å². The molecule has 6 heterocycles. The Morgan fingerprint density at radius 1 is 0.839 bits per heavy atom. The minimum absolute atomic E-state index is 0.140. The molecule has 1 unspecified atom stereocenters. The van der Waals surface area contributed by atoms with E-state index in [4.69, 9.17) is 12.8 Å². The molecule has 3 aliphatic rings. The summed E-state index contributed by atoms with van der Waals surface area (Å²) < 4.78 is 48.3. The molecule has 8 rings (SSSR count).